The van der Waals surface area contributed by atoms with Crippen LogP contribution in [0.4, 0.5) is 5.69 Å². The van der Waals surface area contributed by atoms with Crippen LogP contribution in [0.2, 0.25) is 0 Å². The Morgan fingerprint density at radius 3 is 2.09 bits per heavy atom. The van der Waals surface area contributed by atoms with Crippen molar-refractivity contribution in [2.45, 2.75) is 20.8 Å². The molecule has 5 nitrogen and oxygen atoms in total. The Labute approximate surface area is 138 Å². The van der Waals surface area contributed by atoms with Crippen molar-refractivity contribution in [3.05, 3.63) is 29.8 Å². The number of carbonyl (C=O) groups is 2. The van der Waals surface area contributed by atoms with Crippen LogP contribution in [-0.2, 0) is 4.79 Å². The van der Waals surface area contributed by atoms with Gasteiger partial charge in [-0.25, -0.2) is 0 Å². The van der Waals surface area contributed by atoms with Gasteiger partial charge >= 0.3 is 0 Å². The van der Waals surface area contributed by atoms with Gasteiger partial charge in [0.15, 0.2) is 0 Å². The molecule has 126 valence electrons. The lowest BCUT2D eigenvalue weighted by molar-refractivity contribution is -0.140. The zero-order valence-electron chi connectivity index (χ0n) is 14.8. The average molecular weight is 317 g/mol. The molecule has 0 radical (unpaired) electrons. The molecule has 0 bridgehead atoms. The van der Waals surface area contributed by atoms with E-state index in [1.807, 2.05) is 73.8 Å². The zero-order valence-corrected chi connectivity index (χ0v) is 14.8. The molecule has 0 saturated carbocycles. The maximum absolute atomic E-state index is 12.7. The van der Waals surface area contributed by atoms with E-state index in [1.165, 1.54) is 0 Å². The average Bonchev–Trinajstić information content (AvgIpc) is 2.53. The monoisotopic (exact) mass is 317 g/mol. The van der Waals surface area contributed by atoms with Gasteiger partial charge in [0.2, 0.25) is 5.91 Å². The minimum atomic E-state index is -0.369. The molecule has 1 aliphatic heterocycles. The van der Waals surface area contributed by atoms with Crippen LogP contribution in [0.25, 0.3) is 0 Å². The minimum absolute atomic E-state index is 0.0385. The predicted molar refractivity (Wildman–Crippen MR) is 92.7 cm³/mol. The molecule has 0 N–H and O–H groups in total. The second kappa shape index (κ2) is 6.60. The minimum Gasteiger partial charge on any atom is -0.378 e. The van der Waals surface area contributed by atoms with E-state index in [0.29, 0.717) is 31.7 Å². The summed E-state index contributed by atoms with van der Waals surface area (Å²) < 4.78 is 0. The Morgan fingerprint density at radius 2 is 1.57 bits per heavy atom. The van der Waals surface area contributed by atoms with E-state index < -0.39 is 0 Å². The Hall–Kier alpha value is -2.04. The maximum Gasteiger partial charge on any atom is 0.254 e. The molecule has 0 spiro atoms. The summed E-state index contributed by atoms with van der Waals surface area (Å²) in [6.07, 6.45) is 0. The van der Waals surface area contributed by atoms with Crippen LogP contribution in [0.1, 0.15) is 31.1 Å². The molecule has 0 aliphatic carbocycles. The highest BCUT2D eigenvalue weighted by molar-refractivity contribution is 5.95. The third-order valence-electron chi connectivity index (χ3n) is 4.11. The molecule has 1 aromatic rings. The summed E-state index contributed by atoms with van der Waals surface area (Å²) in [6, 6.07) is 7.65. The lowest BCUT2D eigenvalue weighted by atomic mass is 9.94. The Bertz CT molecular complexity index is 582. The van der Waals surface area contributed by atoms with Crippen LogP contribution in [0.3, 0.4) is 0 Å². The Balaban J connectivity index is 2.01. The van der Waals surface area contributed by atoms with Crippen molar-refractivity contribution in [3.8, 4) is 0 Å². The van der Waals surface area contributed by atoms with Crippen molar-refractivity contribution in [3.63, 3.8) is 0 Å². The Kier molecular flexibility index (Phi) is 4.97. The molecule has 0 aromatic heterocycles. The summed E-state index contributed by atoms with van der Waals surface area (Å²) in [5.41, 5.74) is 1.34. The fourth-order valence-corrected chi connectivity index (χ4v) is 2.69. The summed E-state index contributed by atoms with van der Waals surface area (Å²) in [7, 11) is 3.92. The van der Waals surface area contributed by atoms with E-state index >= 15 is 0 Å². The lowest BCUT2D eigenvalue weighted by Crippen LogP contribution is -2.53. The number of nitrogens with zero attached hydrogens (tertiary/aromatic N) is 3. The van der Waals surface area contributed by atoms with Crippen molar-refractivity contribution >= 4 is 17.5 Å². The first-order valence-corrected chi connectivity index (χ1v) is 8.06. The maximum atomic E-state index is 12.7. The van der Waals surface area contributed by atoms with Gasteiger partial charge in [0.1, 0.15) is 0 Å². The fraction of sp³-hybridized carbons (Fsp3) is 0.556. The molecule has 1 fully saturated rings. The number of benzene rings is 1. The largest absolute Gasteiger partial charge is 0.378 e. The van der Waals surface area contributed by atoms with Gasteiger partial charge < -0.3 is 14.7 Å². The van der Waals surface area contributed by atoms with Crippen molar-refractivity contribution < 1.29 is 9.59 Å². The molecule has 2 amide bonds. The quantitative estimate of drug-likeness (QED) is 0.839. The van der Waals surface area contributed by atoms with Crippen molar-refractivity contribution in [1.29, 1.82) is 0 Å². The third kappa shape index (κ3) is 4.03. The highest BCUT2D eigenvalue weighted by Gasteiger charge is 2.31. The van der Waals surface area contributed by atoms with Crippen molar-refractivity contribution in [2.24, 2.45) is 5.41 Å². The first kappa shape index (κ1) is 17.3. The van der Waals surface area contributed by atoms with E-state index in [4.69, 9.17) is 0 Å². The molecule has 1 aliphatic rings. The summed E-state index contributed by atoms with van der Waals surface area (Å²) >= 11 is 0. The summed E-state index contributed by atoms with van der Waals surface area (Å²) in [5.74, 6) is 0.191. The molecular weight excluding hydrogens is 290 g/mol. The summed E-state index contributed by atoms with van der Waals surface area (Å²) in [6.45, 7) is 8.18. The van der Waals surface area contributed by atoms with Crippen LogP contribution in [-0.4, -0.2) is 61.9 Å². The van der Waals surface area contributed by atoms with Gasteiger partial charge in [0, 0.05) is 56.9 Å². The van der Waals surface area contributed by atoms with Crippen LogP contribution < -0.4 is 4.90 Å². The molecule has 0 unspecified atom stereocenters. The first-order valence-electron chi connectivity index (χ1n) is 8.06. The molecular formula is C18H27N3O2. The smallest absolute Gasteiger partial charge is 0.254 e. The summed E-state index contributed by atoms with van der Waals surface area (Å²) in [4.78, 5) is 30.6. The zero-order chi connectivity index (χ0) is 17.2. The van der Waals surface area contributed by atoms with Gasteiger partial charge in [-0.3, -0.25) is 9.59 Å². The van der Waals surface area contributed by atoms with E-state index in [1.54, 1.807) is 0 Å². The van der Waals surface area contributed by atoms with Gasteiger partial charge in [0.05, 0.1) is 0 Å². The van der Waals surface area contributed by atoms with Gasteiger partial charge in [-0.15, -0.1) is 0 Å². The van der Waals surface area contributed by atoms with E-state index in [0.717, 1.165) is 5.69 Å². The highest BCUT2D eigenvalue weighted by atomic mass is 16.2. The predicted octanol–water partition coefficient (Wildman–Crippen LogP) is 2.08. The van der Waals surface area contributed by atoms with E-state index in [2.05, 4.69) is 0 Å². The highest BCUT2D eigenvalue weighted by Crippen LogP contribution is 2.20. The van der Waals surface area contributed by atoms with Crippen LogP contribution in [0.15, 0.2) is 24.3 Å². The number of piperazine rings is 1. The van der Waals surface area contributed by atoms with E-state index in [-0.39, 0.29) is 17.2 Å². The molecule has 0 atom stereocenters. The molecule has 1 saturated heterocycles. The van der Waals surface area contributed by atoms with Crippen molar-refractivity contribution in [1.82, 2.24) is 9.80 Å². The van der Waals surface area contributed by atoms with Gasteiger partial charge in [-0.2, -0.15) is 0 Å². The van der Waals surface area contributed by atoms with Gasteiger partial charge in [0.25, 0.3) is 5.91 Å². The number of carbonyl (C=O) groups excluding carboxylic acids is 2. The standard InChI is InChI=1S/C18H27N3O2/c1-18(2,3)17(23)21-11-9-20(10-12-21)16(22)14-7-6-8-15(13-14)19(4)5/h6-8,13H,9-12H2,1-5H3. The molecule has 1 heterocycles. The van der Waals surface area contributed by atoms with Crippen molar-refractivity contribution in [2.75, 3.05) is 45.2 Å². The topological polar surface area (TPSA) is 43.9 Å². The molecule has 23 heavy (non-hydrogen) atoms. The van der Waals surface area contributed by atoms with Gasteiger partial charge in [-0.1, -0.05) is 26.8 Å². The molecule has 2 rings (SSSR count). The molecule has 1 aromatic carbocycles. The first-order chi connectivity index (χ1) is 10.7. The number of rotatable bonds is 2. The second-order valence-electron chi connectivity index (χ2n) is 7.28. The molecule has 5 heteroatoms. The lowest BCUT2D eigenvalue weighted by Gasteiger charge is -2.37. The van der Waals surface area contributed by atoms with Gasteiger partial charge in [-0.05, 0) is 18.2 Å². The SMILES string of the molecule is CN(C)c1cccc(C(=O)N2CCN(C(=O)C(C)(C)C)CC2)c1. The third-order valence-corrected chi connectivity index (χ3v) is 4.11. The summed E-state index contributed by atoms with van der Waals surface area (Å²) in [5, 5.41) is 0. The fourth-order valence-electron chi connectivity index (χ4n) is 2.69. The second-order valence-corrected chi connectivity index (χ2v) is 7.28. The number of hydrogen-bond acceptors (Lipinski definition) is 3. The normalized spacial score (nSPS) is 15.5. The van der Waals surface area contributed by atoms with Crippen LogP contribution in [0.5, 0.6) is 0 Å². The number of amides is 2. The Morgan fingerprint density at radius 1 is 1.00 bits per heavy atom. The number of anilines is 1. The van der Waals surface area contributed by atoms with Crippen LogP contribution in [0, 0.1) is 5.41 Å². The van der Waals surface area contributed by atoms with Crippen LogP contribution >= 0.6 is 0 Å². The van der Waals surface area contributed by atoms with E-state index in [9.17, 15) is 9.59 Å². The number of hydrogen-bond donors (Lipinski definition) is 0.